The van der Waals surface area contributed by atoms with Crippen LogP contribution in [0.1, 0.15) is 18.1 Å². The predicted octanol–water partition coefficient (Wildman–Crippen LogP) is 4.03. The summed E-state index contributed by atoms with van der Waals surface area (Å²) < 4.78 is 6.30. The Hall–Kier alpha value is -1.91. The highest BCUT2D eigenvalue weighted by atomic mass is 32.1. The van der Waals surface area contributed by atoms with E-state index >= 15 is 0 Å². The Labute approximate surface area is 128 Å². The second-order valence-electron chi connectivity index (χ2n) is 4.88. The van der Waals surface area contributed by atoms with E-state index in [9.17, 15) is 0 Å². The Bertz CT molecular complexity index is 692. The van der Waals surface area contributed by atoms with Gasteiger partial charge >= 0.3 is 0 Å². The third-order valence-electron chi connectivity index (χ3n) is 3.45. The van der Waals surface area contributed by atoms with Crippen molar-refractivity contribution in [3.8, 4) is 5.75 Å². The van der Waals surface area contributed by atoms with Crippen molar-refractivity contribution in [2.45, 2.75) is 12.5 Å². The topological polar surface area (TPSA) is 34.1 Å². The number of benzene rings is 1. The molecule has 0 fully saturated rings. The summed E-state index contributed by atoms with van der Waals surface area (Å²) >= 11 is 1.70. The summed E-state index contributed by atoms with van der Waals surface area (Å²) in [6.45, 7) is 0.920. The summed E-state index contributed by atoms with van der Waals surface area (Å²) in [7, 11) is 1.96. The second-order valence-corrected chi connectivity index (χ2v) is 5.66. The van der Waals surface area contributed by atoms with Crippen LogP contribution in [0.5, 0.6) is 5.75 Å². The first-order valence-corrected chi connectivity index (χ1v) is 8.00. The average Bonchev–Trinajstić information content (AvgIpc) is 3.06. The van der Waals surface area contributed by atoms with Gasteiger partial charge in [-0.3, -0.25) is 4.98 Å². The quantitative estimate of drug-likeness (QED) is 0.746. The predicted molar refractivity (Wildman–Crippen MR) is 88.0 cm³/mol. The first-order valence-electron chi connectivity index (χ1n) is 7.05. The minimum absolute atomic E-state index is 0.0644. The average molecular weight is 298 g/mol. The molecule has 1 aromatic carbocycles. The van der Waals surface area contributed by atoms with Gasteiger partial charge in [0.2, 0.25) is 0 Å². The van der Waals surface area contributed by atoms with Crippen LogP contribution >= 0.6 is 11.3 Å². The number of thiophene rings is 1. The van der Waals surface area contributed by atoms with Gasteiger partial charge in [-0.1, -0.05) is 6.07 Å². The lowest BCUT2D eigenvalue weighted by Gasteiger charge is -2.19. The molecule has 21 heavy (non-hydrogen) atoms. The van der Waals surface area contributed by atoms with Crippen LogP contribution in [0.3, 0.4) is 0 Å². The molecule has 2 aromatic heterocycles. The Balaban J connectivity index is 1.90. The zero-order valence-corrected chi connectivity index (χ0v) is 12.8. The number of pyridine rings is 1. The number of nitrogens with one attached hydrogen (secondary N) is 1. The lowest BCUT2D eigenvalue weighted by Crippen LogP contribution is -2.16. The van der Waals surface area contributed by atoms with Gasteiger partial charge in [-0.15, -0.1) is 0 Å². The maximum Gasteiger partial charge on any atom is 0.129 e. The number of hydrogen-bond donors (Lipinski definition) is 1. The normalized spacial score (nSPS) is 12.4. The van der Waals surface area contributed by atoms with Crippen molar-refractivity contribution >= 4 is 22.2 Å². The lowest BCUT2D eigenvalue weighted by atomic mass is 10.1. The van der Waals surface area contributed by atoms with Crippen LogP contribution < -0.4 is 10.1 Å². The number of ether oxygens (including phenoxy) is 1. The maximum atomic E-state index is 6.30. The highest BCUT2D eigenvalue weighted by Gasteiger charge is 2.15. The van der Waals surface area contributed by atoms with E-state index in [-0.39, 0.29) is 6.10 Å². The zero-order chi connectivity index (χ0) is 14.5. The van der Waals surface area contributed by atoms with Gasteiger partial charge < -0.3 is 10.1 Å². The Morgan fingerprint density at radius 1 is 1.24 bits per heavy atom. The summed E-state index contributed by atoms with van der Waals surface area (Å²) in [5.74, 6) is 0.896. The summed E-state index contributed by atoms with van der Waals surface area (Å²) in [4.78, 5) is 4.38. The molecule has 0 saturated heterocycles. The molecule has 0 radical (unpaired) electrons. The molecular weight excluding hydrogens is 280 g/mol. The molecule has 0 amide bonds. The van der Waals surface area contributed by atoms with E-state index in [2.05, 4.69) is 33.2 Å². The van der Waals surface area contributed by atoms with Crippen LogP contribution in [-0.4, -0.2) is 18.6 Å². The highest BCUT2D eigenvalue weighted by molar-refractivity contribution is 7.07. The van der Waals surface area contributed by atoms with Crippen molar-refractivity contribution in [2.75, 3.05) is 13.6 Å². The molecule has 108 valence electrons. The van der Waals surface area contributed by atoms with Gasteiger partial charge in [-0.25, -0.2) is 0 Å². The fraction of sp³-hybridized carbons (Fsp3) is 0.235. The Kier molecular flexibility index (Phi) is 4.48. The van der Waals surface area contributed by atoms with Gasteiger partial charge in [0, 0.05) is 23.6 Å². The molecule has 0 aliphatic heterocycles. The summed E-state index contributed by atoms with van der Waals surface area (Å²) in [6.07, 6.45) is 2.81. The highest BCUT2D eigenvalue weighted by Crippen LogP contribution is 2.30. The van der Waals surface area contributed by atoms with E-state index in [4.69, 9.17) is 4.74 Å². The van der Waals surface area contributed by atoms with Crippen molar-refractivity contribution < 1.29 is 4.74 Å². The first kappa shape index (κ1) is 14.0. The number of aromatic nitrogens is 1. The second kappa shape index (κ2) is 6.70. The molecule has 0 saturated carbocycles. The number of hydrogen-bond acceptors (Lipinski definition) is 4. The molecule has 4 heteroatoms. The van der Waals surface area contributed by atoms with E-state index in [1.165, 1.54) is 5.56 Å². The molecule has 0 bridgehead atoms. The number of fused-ring (bicyclic) bond motifs is 1. The van der Waals surface area contributed by atoms with E-state index in [1.54, 1.807) is 11.3 Å². The molecule has 3 rings (SSSR count). The number of rotatable bonds is 6. The van der Waals surface area contributed by atoms with Crippen molar-refractivity contribution in [3.05, 3.63) is 58.9 Å². The first-order chi connectivity index (χ1) is 10.4. The molecule has 0 aliphatic carbocycles. The molecule has 3 aromatic rings. The van der Waals surface area contributed by atoms with Crippen LogP contribution in [-0.2, 0) is 0 Å². The van der Waals surface area contributed by atoms with Gasteiger partial charge in [0.1, 0.15) is 11.9 Å². The van der Waals surface area contributed by atoms with Crippen molar-refractivity contribution in [1.29, 1.82) is 0 Å². The molecule has 0 aliphatic rings. The molecule has 1 atom stereocenters. The third-order valence-corrected chi connectivity index (χ3v) is 4.15. The monoisotopic (exact) mass is 298 g/mol. The minimum atomic E-state index is 0.0644. The van der Waals surface area contributed by atoms with E-state index in [1.807, 2.05) is 37.5 Å². The molecular formula is C17H18N2OS. The van der Waals surface area contributed by atoms with E-state index in [0.717, 1.165) is 29.6 Å². The van der Waals surface area contributed by atoms with Crippen LogP contribution in [0, 0.1) is 0 Å². The molecule has 0 spiro atoms. The lowest BCUT2D eigenvalue weighted by molar-refractivity contribution is 0.198. The Morgan fingerprint density at radius 2 is 2.19 bits per heavy atom. The fourth-order valence-corrected chi connectivity index (χ4v) is 3.06. The third kappa shape index (κ3) is 3.23. The summed E-state index contributed by atoms with van der Waals surface area (Å²) in [5, 5.41) is 8.50. The Morgan fingerprint density at radius 3 is 3.00 bits per heavy atom. The maximum absolute atomic E-state index is 6.30. The van der Waals surface area contributed by atoms with Crippen LogP contribution in [0.2, 0.25) is 0 Å². The summed E-state index contributed by atoms with van der Waals surface area (Å²) in [6, 6.07) is 12.2. The van der Waals surface area contributed by atoms with Crippen molar-refractivity contribution in [3.63, 3.8) is 0 Å². The molecule has 3 nitrogen and oxygen atoms in total. The van der Waals surface area contributed by atoms with Crippen LogP contribution in [0.15, 0.2) is 53.4 Å². The largest absolute Gasteiger partial charge is 0.485 e. The zero-order valence-electron chi connectivity index (χ0n) is 12.0. The summed E-state index contributed by atoms with van der Waals surface area (Å²) in [5.41, 5.74) is 2.20. The van der Waals surface area contributed by atoms with Crippen molar-refractivity contribution in [1.82, 2.24) is 10.3 Å². The molecule has 1 unspecified atom stereocenters. The van der Waals surface area contributed by atoms with Gasteiger partial charge in [0.15, 0.2) is 0 Å². The van der Waals surface area contributed by atoms with Gasteiger partial charge in [-0.2, -0.15) is 11.3 Å². The fourth-order valence-electron chi connectivity index (χ4n) is 2.36. The minimum Gasteiger partial charge on any atom is -0.485 e. The molecule has 1 N–H and O–H groups in total. The molecule has 2 heterocycles. The van der Waals surface area contributed by atoms with Gasteiger partial charge in [-0.05, 0) is 54.7 Å². The standard InChI is InChI=1S/C17H18N2OS/c1-18-10-7-16(13-8-11-21-12-13)20-17-6-2-5-15-14(17)4-3-9-19-15/h2-6,8-9,11-12,16,18H,7,10H2,1H3. The van der Waals surface area contributed by atoms with E-state index in [0.29, 0.717) is 0 Å². The van der Waals surface area contributed by atoms with Crippen LogP contribution in [0.4, 0.5) is 0 Å². The smallest absolute Gasteiger partial charge is 0.129 e. The van der Waals surface area contributed by atoms with Crippen LogP contribution in [0.25, 0.3) is 10.9 Å². The SMILES string of the molecule is CNCCC(Oc1cccc2ncccc12)c1ccsc1. The van der Waals surface area contributed by atoms with E-state index < -0.39 is 0 Å². The van der Waals surface area contributed by atoms with Gasteiger partial charge in [0.25, 0.3) is 0 Å². The number of nitrogens with zero attached hydrogens (tertiary/aromatic N) is 1. The van der Waals surface area contributed by atoms with Crippen molar-refractivity contribution in [2.24, 2.45) is 0 Å². The van der Waals surface area contributed by atoms with Gasteiger partial charge in [0.05, 0.1) is 5.52 Å².